The second-order valence-electron chi connectivity index (χ2n) is 6.70. The molecular weight excluding hydrogens is 422 g/mol. The molecule has 9 nitrogen and oxygen atoms in total. The lowest BCUT2D eigenvalue weighted by atomic mass is 10.2. The molecule has 3 amide bonds. The van der Waals surface area contributed by atoms with E-state index >= 15 is 0 Å². The van der Waals surface area contributed by atoms with Crippen molar-refractivity contribution < 1.29 is 27.5 Å². The minimum Gasteiger partial charge on any atom is -0.449 e. The molecule has 2 rings (SSSR count). The number of benzene rings is 2. The summed E-state index contributed by atoms with van der Waals surface area (Å²) in [6.45, 7) is 3.50. The third kappa shape index (κ3) is 6.29. The van der Waals surface area contributed by atoms with Crippen molar-refractivity contribution in [1.82, 2.24) is 5.32 Å². The fraction of sp³-hybridized carbons (Fsp3) is 0.286. The first-order chi connectivity index (χ1) is 14.7. The highest BCUT2D eigenvalue weighted by molar-refractivity contribution is 7.92. The second kappa shape index (κ2) is 10.6. The molecular formula is C21H25N3O6S. The van der Waals surface area contributed by atoms with Crippen LogP contribution in [0.1, 0.15) is 37.0 Å². The summed E-state index contributed by atoms with van der Waals surface area (Å²) >= 11 is 0. The van der Waals surface area contributed by atoms with Crippen LogP contribution in [0.2, 0.25) is 0 Å². The monoisotopic (exact) mass is 447 g/mol. The van der Waals surface area contributed by atoms with Gasteiger partial charge in [-0.25, -0.2) is 18.0 Å². The molecule has 0 bridgehead atoms. The molecule has 0 aliphatic carbocycles. The zero-order valence-electron chi connectivity index (χ0n) is 17.3. The molecule has 0 unspecified atom stereocenters. The topological polar surface area (TPSA) is 136 Å². The Labute approximate surface area is 181 Å². The smallest absolute Gasteiger partial charge is 0.338 e. The fourth-order valence-corrected chi connectivity index (χ4v) is 4.25. The zero-order chi connectivity index (χ0) is 23.0. The summed E-state index contributed by atoms with van der Waals surface area (Å²) in [6, 6.07) is 13.0. The SMILES string of the molecule is CCCCN(c1ccccc1)S(=O)(=O)c1cccc(C(=O)O[C@@H](C)C(=O)NC(N)=O)c1. The number of ether oxygens (including phenoxy) is 1. The van der Waals surface area contributed by atoms with Crippen molar-refractivity contribution in [2.45, 2.75) is 37.7 Å². The molecule has 166 valence electrons. The van der Waals surface area contributed by atoms with Crippen molar-refractivity contribution in [3.8, 4) is 0 Å². The van der Waals surface area contributed by atoms with Gasteiger partial charge in [-0.05, 0) is 43.7 Å². The van der Waals surface area contributed by atoms with Crippen LogP contribution in [0.3, 0.4) is 0 Å². The maximum absolute atomic E-state index is 13.3. The molecule has 0 aliphatic rings. The summed E-state index contributed by atoms with van der Waals surface area (Å²) in [6.07, 6.45) is 0.157. The van der Waals surface area contributed by atoms with E-state index in [9.17, 15) is 22.8 Å². The number of rotatable bonds is 9. The highest BCUT2D eigenvalue weighted by atomic mass is 32.2. The molecule has 0 spiro atoms. The van der Waals surface area contributed by atoms with E-state index in [0.29, 0.717) is 12.1 Å². The number of para-hydroxylation sites is 1. The highest BCUT2D eigenvalue weighted by Crippen LogP contribution is 2.25. The van der Waals surface area contributed by atoms with Gasteiger partial charge in [-0.2, -0.15) is 0 Å². The Morgan fingerprint density at radius 3 is 2.39 bits per heavy atom. The van der Waals surface area contributed by atoms with E-state index in [1.165, 1.54) is 35.5 Å². The predicted molar refractivity (Wildman–Crippen MR) is 115 cm³/mol. The Hall–Kier alpha value is -3.40. The number of carbonyl (C=O) groups excluding carboxylic acids is 3. The molecule has 0 heterocycles. The standard InChI is InChI=1S/C21H25N3O6S/c1-3-4-13-24(17-10-6-5-7-11-17)31(28,29)18-12-8-9-16(14-18)20(26)30-15(2)19(25)23-21(22)27/h5-12,14-15H,3-4,13H2,1-2H3,(H3,22,23,25,27)/t15-/m0/s1. The van der Waals surface area contributed by atoms with E-state index in [0.717, 1.165) is 6.42 Å². The molecule has 2 aromatic rings. The minimum atomic E-state index is -3.96. The number of imide groups is 1. The number of carbonyl (C=O) groups is 3. The molecule has 0 radical (unpaired) electrons. The Balaban J connectivity index is 2.30. The van der Waals surface area contributed by atoms with Crippen molar-refractivity contribution in [1.29, 1.82) is 0 Å². The van der Waals surface area contributed by atoms with Crippen LogP contribution in [0.4, 0.5) is 10.5 Å². The van der Waals surface area contributed by atoms with Gasteiger partial charge in [0, 0.05) is 6.54 Å². The quantitative estimate of drug-likeness (QED) is 0.567. The lowest BCUT2D eigenvalue weighted by Gasteiger charge is -2.24. The molecule has 0 fully saturated rings. The van der Waals surface area contributed by atoms with E-state index in [4.69, 9.17) is 10.5 Å². The maximum atomic E-state index is 13.3. The summed E-state index contributed by atoms with van der Waals surface area (Å²) in [5, 5.41) is 1.81. The molecule has 0 saturated carbocycles. The van der Waals surface area contributed by atoms with Crippen LogP contribution in [0.5, 0.6) is 0 Å². The average molecular weight is 448 g/mol. The first-order valence-electron chi connectivity index (χ1n) is 9.66. The van der Waals surface area contributed by atoms with Crippen LogP contribution in [0.15, 0.2) is 59.5 Å². The summed E-state index contributed by atoms with van der Waals surface area (Å²) < 4.78 is 33.0. The minimum absolute atomic E-state index is 0.0525. The summed E-state index contributed by atoms with van der Waals surface area (Å²) in [5.74, 6) is -1.80. The molecule has 2 aromatic carbocycles. The van der Waals surface area contributed by atoms with E-state index in [2.05, 4.69) is 0 Å². The van der Waals surface area contributed by atoms with Crippen LogP contribution in [-0.2, 0) is 19.6 Å². The number of nitrogens with zero attached hydrogens (tertiary/aromatic N) is 1. The number of esters is 1. The number of nitrogens with two attached hydrogens (primary N) is 1. The highest BCUT2D eigenvalue weighted by Gasteiger charge is 2.26. The average Bonchev–Trinajstić information content (AvgIpc) is 2.74. The van der Waals surface area contributed by atoms with Crippen LogP contribution in [0, 0.1) is 0 Å². The van der Waals surface area contributed by atoms with Gasteiger partial charge in [0.1, 0.15) is 0 Å². The third-order valence-corrected chi connectivity index (χ3v) is 6.14. The van der Waals surface area contributed by atoms with Crippen molar-refractivity contribution in [3.63, 3.8) is 0 Å². The van der Waals surface area contributed by atoms with Gasteiger partial charge in [-0.15, -0.1) is 0 Å². The van der Waals surface area contributed by atoms with Crippen molar-refractivity contribution in [2.24, 2.45) is 5.73 Å². The molecule has 31 heavy (non-hydrogen) atoms. The van der Waals surface area contributed by atoms with Crippen LogP contribution < -0.4 is 15.4 Å². The zero-order valence-corrected chi connectivity index (χ0v) is 18.1. The van der Waals surface area contributed by atoms with E-state index in [-0.39, 0.29) is 17.0 Å². The van der Waals surface area contributed by atoms with Gasteiger partial charge >= 0.3 is 12.0 Å². The second-order valence-corrected chi connectivity index (χ2v) is 8.56. The fourth-order valence-electron chi connectivity index (χ4n) is 2.70. The van der Waals surface area contributed by atoms with E-state index < -0.39 is 34.0 Å². The maximum Gasteiger partial charge on any atom is 0.338 e. The molecule has 3 N–H and O–H groups in total. The Bertz CT molecular complexity index is 1040. The van der Waals surface area contributed by atoms with Gasteiger partial charge in [0.2, 0.25) is 0 Å². The normalized spacial score (nSPS) is 11.9. The molecule has 0 aromatic heterocycles. The summed E-state index contributed by atoms with van der Waals surface area (Å²) in [5.41, 5.74) is 5.33. The number of hydrogen-bond acceptors (Lipinski definition) is 6. The van der Waals surface area contributed by atoms with Gasteiger partial charge in [-0.3, -0.25) is 14.4 Å². The Kier molecular flexibility index (Phi) is 8.14. The predicted octanol–water partition coefficient (Wildman–Crippen LogP) is 2.42. The Morgan fingerprint density at radius 2 is 1.77 bits per heavy atom. The molecule has 0 aliphatic heterocycles. The van der Waals surface area contributed by atoms with E-state index in [1.807, 2.05) is 12.2 Å². The van der Waals surface area contributed by atoms with Gasteiger partial charge < -0.3 is 10.5 Å². The largest absolute Gasteiger partial charge is 0.449 e. The van der Waals surface area contributed by atoms with Gasteiger partial charge in [-0.1, -0.05) is 37.6 Å². The van der Waals surface area contributed by atoms with Gasteiger partial charge in [0.15, 0.2) is 6.10 Å². The lowest BCUT2D eigenvalue weighted by Crippen LogP contribution is -2.42. The lowest BCUT2D eigenvalue weighted by molar-refractivity contribution is -0.127. The number of sulfonamides is 1. The van der Waals surface area contributed by atoms with Crippen molar-refractivity contribution in [2.75, 3.05) is 10.8 Å². The van der Waals surface area contributed by atoms with E-state index in [1.54, 1.807) is 30.3 Å². The number of primary amides is 1. The first-order valence-corrected chi connectivity index (χ1v) is 11.1. The summed E-state index contributed by atoms with van der Waals surface area (Å²) in [7, 11) is -3.96. The summed E-state index contributed by atoms with van der Waals surface area (Å²) in [4.78, 5) is 34.8. The van der Waals surface area contributed by atoms with Crippen molar-refractivity contribution in [3.05, 3.63) is 60.2 Å². The number of unbranched alkanes of at least 4 members (excludes halogenated alkanes) is 1. The van der Waals surface area contributed by atoms with Crippen LogP contribution in [-0.4, -0.2) is 39.0 Å². The molecule has 1 atom stereocenters. The van der Waals surface area contributed by atoms with Crippen molar-refractivity contribution >= 4 is 33.6 Å². The third-order valence-electron chi connectivity index (χ3n) is 4.32. The van der Waals surface area contributed by atoms with Gasteiger partial charge in [0.05, 0.1) is 16.1 Å². The first kappa shape index (κ1) is 23.9. The number of anilines is 1. The number of urea groups is 1. The van der Waals surface area contributed by atoms with Gasteiger partial charge in [0.25, 0.3) is 15.9 Å². The Morgan fingerprint density at radius 1 is 1.10 bits per heavy atom. The van der Waals surface area contributed by atoms with Crippen LogP contribution in [0.25, 0.3) is 0 Å². The number of amides is 3. The number of nitrogens with one attached hydrogen (secondary N) is 1. The molecule has 10 heteroatoms. The molecule has 0 saturated heterocycles. The van der Waals surface area contributed by atoms with Crippen LogP contribution >= 0.6 is 0 Å². The number of hydrogen-bond donors (Lipinski definition) is 2.